The number of hydrogen-bond donors (Lipinski definition) is 1. The Morgan fingerprint density at radius 1 is 1.12 bits per heavy atom. The van der Waals surface area contributed by atoms with Gasteiger partial charge in [0.25, 0.3) is 0 Å². The summed E-state index contributed by atoms with van der Waals surface area (Å²) in [6.45, 7) is 1.05. The standard InChI is InChI=1S/C16H15ClF2N2O2S.ClH/c17-13-4-2-1-3-12(13)16-10-20-7-8-21(16)24(22,23)11-5-6-14(18)15(19)9-11;/h1-6,9,16,20H,7-8,10H2;1H. The summed E-state index contributed by atoms with van der Waals surface area (Å²) >= 11 is 6.21. The monoisotopic (exact) mass is 408 g/mol. The van der Waals surface area contributed by atoms with Crippen molar-refractivity contribution in [1.29, 1.82) is 0 Å². The van der Waals surface area contributed by atoms with Crippen molar-refractivity contribution < 1.29 is 17.2 Å². The van der Waals surface area contributed by atoms with E-state index in [0.717, 1.165) is 12.1 Å². The summed E-state index contributed by atoms with van der Waals surface area (Å²) in [6, 6.07) is 9.05. The summed E-state index contributed by atoms with van der Waals surface area (Å²) in [5, 5.41) is 3.59. The van der Waals surface area contributed by atoms with Gasteiger partial charge in [-0.3, -0.25) is 0 Å². The van der Waals surface area contributed by atoms with Crippen molar-refractivity contribution in [3.63, 3.8) is 0 Å². The number of nitrogens with zero attached hydrogens (tertiary/aromatic N) is 1. The summed E-state index contributed by atoms with van der Waals surface area (Å²) < 4.78 is 53.7. The van der Waals surface area contributed by atoms with E-state index >= 15 is 0 Å². The molecule has 2 aromatic rings. The van der Waals surface area contributed by atoms with Gasteiger partial charge in [0.15, 0.2) is 11.6 Å². The molecule has 4 nitrogen and oxygen atoms in total. The number of nitrogens with one attached hydrogen (secondary N) is 1. The van der Waals surface area contributed by atoms with Crippen LogP contribution < -0.4 is 5.32 Å². The van der Waals surface area contributed by atoms with E-state index in [-0.39, 0.29) is 23.8 Å². The third-order valence-corrected chi connectivity index (χ3v) is 6.20. The van der Waals surface area contributed by atoms with Crippen LogP contribution in [0, 0.1) is 11.6 Å². The van der Waals surface area contributed by atoms with E-state index in [9.17, 15) is 17.2 Å². The molecule has 0 aliphatic carbocycles. The van der Waals surface area contributed by atoms with Crippen LogP contribution in [0.2, 0.25) is 5.02 Å². The number of benzene rings is 2. The first-order valence-electron chi connectivity index (χ1n) is 7.33. The molecule has 0 saturated carbocycles. The van der Waals surface area contributed by atoms with Crippen molar-refractivity contribution in [3.05, 3.63) is 64.7 Å². The Bertz CT molecular complexity index is 865. The van der Waals surface area contributed by atoms with Gasteiger partial charge < -0.3 is 5.32 Å². The molecule has 1 heterocycles. The zero-order valence-electron chi connectivity index (χ0n) is 13.0. The average molecular weight is 409 g/mol. The Labute approximate surface area is 156 Å². The number of halogens is 4. The van der Waals surface area contributed by atoms with Gasteiger partial charge >= 0.3 is 0 Å². The first kappa shape index (κ1) is 20.1. The first-order valence-corrected chi connectivity index (χ1v) is 9.15. The first-order chi connectivity index (χ1) is 11.4. The second-order valence-electron chi connectivity index (χ2n) is 5.43. The maximum Gasteiger partial charge on any atom is 0.243 e. The van der Waals surface area contributed by atoms with E-state index in [1.807, 2.05) is 0 Å². The van der Waals surface area contributed by atoms with Crippen LogP contribution in [0.4, 0.5) is 8.78 Å². The van der Waals surface area contributed by atoms with Gasteiger partial charge in [-0.1, -0.05) is 29.8 Å². The fourth-order valence-electron chi connectivity index (χ4n) is 2.76. The number of rotatable bonds is 3. The molecule has 3 rings (SSSR count). The van der Waals surface area contributed by atoms with Crippen LogP contribution >= 0.6 is 24.0 Å². The second kappa shape index (κ2) is 7.97. The van der Waals surface area contributed by atoms with Crippen LogP contribution in [0.1, 0.15) is 11.6 Å². The average Bonchev–Trinajstić information content (AvgIpc) is 2.57. The minimum Gasteiger partial charge on any atom is -0.313 e. The maximum absolute atomic E-state index is 13.5. The molecule has 1 saturated heterocycles. The lowest BCUT2D eigenvalue weighted by Crippen LogP contribution is -2.48. The van der Waals surface area contributed by atoms with Crippen molar-refractivity contribution in [2.75, 3.05) is 19.6 Å². The fourth-order valence-corrected chi connectivity index (χ4v) is 4.64. The third kappa shape index (κ3) is 3.96. The van der Waals surface area contributed by atoms with Gasteiger partial charge in [0.1, 0.15) is 0 Å². The maximum atomic E-state index is 13.5. The molecule has 1 fully saturated rings. The van der Waals surface area contributed by atoms with E-state index in [1.54, 1.807) is 24.3 Å². The van der Waals surface area contributed by atoms with Crippen LogP contribution in [0.25, 0.3) is 0 Å². The molecule has 0 bridgehead atoms. The quantitative estimate of drug-likeness (QED) is 0.846. The summed E-state index contributed by atoms with van der Waals surface area (Å²) in [7, 11) is -3.99. The highest BCUT2D eigenvalue weighted by Gasteiger charge is 2.35. The summed E-state index contributed by atoms with van der Waals surface area (Å²) in [4.78, 5) is -0.277. The van der Waals surface area contributed by atoms with Gasteiger partial charge in [-0.25, -0.2) is 17.2 Å². The molecule has 0 radical (unpaired) electrons. The van der Waals surface area contributed by atoms with Gasteiger partial charge in [0, 0.05) is 24.7 Å². The van der Waals surface area contributed by atoms with Crippen LogP contribution in [0.15, 0.2) is 47.4 Å². The van der Waals surface area contributed by atoms with Crippen LogP contribution in [-0.4, -0.2) is 32.4 Å². The molecule has 9 heteroatoms. The number of piperazine rings is 1. The molecule has 2 aromatic carbocycles. The Hall–Kier alpha value is -1.25. The minimum absolute atomic E-state index is 0. The van der Waals surface area contributed by atoms with Crippen molar-refractivity contribution in [2.45, 2.75) is 10.9 Å². The molecule has 0 amide bonds. The summed E-state index contributed by atoms with van der Waals surface area (Å²) in [5.74, 6) is -2.28. The van der Waals surface area contributed by atoms with Gasteiger partial charge in [-0.15, -0.1) is 12.4 Å². The van der Waals surface area contributed by atoms with Crippen molar-refractivity contribution in [1.82, 2.24) is 9.62 Å². The van der Waals surface area contributed by atoms with E-state index < -0.39 is 27.7 Å². The lowest BCUT2D eigenvalue weighted by atomic mass is 10.1. The Kier molecular flexibility index (Phi) is 6.40. The van der Waals surface area contributed by atoms with Gasteiger partial charge in [-0.05, 0) is 29.8 Å². The van der Waals surface area contributed by atoms with Gasteiger partial charge in [0.05, 0.1) is 10.9 Å². The van der Waals surface area contributed by atoms with E-state index in [4.69, 9.17) is 11.6 Å². The summed E-state index contributed by atoms with van der Waals surface area (Å²) in [6.07, 6.45) is 0. The van der Waals surface area contributed by atoms with Crippen molar-refractivity contribution in [2.24, 2.45) is 0 Å². The van der Waals surface area contributed by atoms with E-state index in [0.29, 0.717) is 29.7 Å². The Morgan fingerprint density at radius 2 is 1.84 bits per heavy atom. The minimum atomic E-state index is -3.99. The van der Waals surface area contributed by atoms with Crippen molar-refractivity contribution in [3.8, 4) is 0 Å². The molecule has 0 spiro atoms. The topological polar surface area (TPSA) is 49.4 Å². The molecule has 1 aliphatic heterocycles. The lowest BCUT2D eigenvalue weighted by Gasteiger charge is -2.35. The van der Waals surface area contributed by atoms with Crippen LogP contribution in [0.5, 0.6) is 0 Å². The molecule has 1 unspecified atom stereocenters. The zero-order valence-corrected chi connectivity index (χ0v) is 15.3. The normalized spacial score (nSPS) is 18.6. The Balaban J connectivity index is 0.00000225. The lowest BCUT2D eigenvalue weighted by molar-refractivity contribution is 0.271. The molecular formula is C16H16Cl2F2N2O2S. The summed E-state index contributed by atoms with van der Waals surface area (Å²) in [5.41, 5.74) is 0.664. The number of sulfonamides is 1. The predicted molar refractivity (Wildman–Crippen MR) is 94.6 cm³/mol. The number of hydrogen-bond acceptors (Lipinski definition) is 3. The Morgan fingerprint density at radius 3 is 2.52 bits per heavy atom. The van der Waals surface area contributed by atoms with Gasteiger partial charge in [0.2, 0.25) is 10.0 Å². The SMILES string of the molecule is Cl.O=S(=O)(c1ccc(F)c(F)c1)N1CCNCC1c1ccccc1Cl. The van der Waals surface area contributed by atoms with Crippen LogP contribution in [0.3, 0.4) is 0 Å². The second-order valence-corrected chi connectivity index (χ2v) is 7.73. The molecule has 1 aliphatic rings. The molecule has 0 aromatic heterocycles. The molecule has 136 valence electrons. The van der Waals surface area contributed by atoms with Gasteiger partial charge in [-0.2, -0.15) is 4.31 Å². The molecule has 25 heavy (non-hydrogen) atoms. The molecule has 1 N–H and O–H groups in total. The third-order valence-electron chi connectivity index (χ3n) is 3.96. The highest BCUT2D eigenvalue weighted by atomic mass is 35.5. The van der Waals surface area contributed by atoms with E-state index in [2.05, 4.69) is 5.32 Å². The largest absolute Gasteiger partial charge is 0.313 e. The zero-order chi connectivity index (χ0) is 17.3. The predicted octanol–water partition coefficient (Wildman–Crippen LogP) is 3.38. The van der Waals surface area contributed by atoms with Crippen LogP contribution in [-0.2, 0) is 10.0 Å². The van der Waals surface area contributed by atoms with E-state index in [1.165, 1.54) is 4.31 Å². The fraction of sp³-hybridized carbons (Fsp3) is 0.250. The highest BCUT2D eigenvalue weighted by Crippen LogP contribution is 2.32. The molecule has 1 atom stereocenters. The highest BCUT2D eigenvalue weighted by molar-refractivity contribution is 7.89. The molecular weight excluding hydrogens is 393 g/mol. The smallest absolute Gasteiger partial charge is 0.243 e. The van der Waals surface area contributed by atoms with Crippen molar-refractivity contribution >= 4 is 34.0 Å².